The van der Waals surface area contributed by atoms with Gasteiger partial charge in [0.05, 0.1) is 12.8 Å². The third-order valence-electron chi connectivity index (χ3n) is 4.56. The van der Waals surface area contributed by atoms with Crippen LogP contribution in [0.1, 0.15) is 23.0 Å². The highest BCUT2D eigenvalue weighted by atomic mass is 16.5. The van der Waals surface area contributed by atoms with Gasteiger partial charge in [0.15, 0.2) is 5.76 Å². The minimum absolute atomic E-state index is 0.134. The van der Waals surface area contributed by atoms with Crippen LogP contribution >= 0.6 is 0 Å². The van der Waals surface area contributed by atoms with Gasteiger partial charge in [0.25, 0.3) is 5.91 Å². The van der Waals surface area contributed by atoms with Crippen LogP contribution in [-0.2, 0) is 6.42 Å². The van der Waals surface area contributed by atoms with Crippen LogP contribution < -0.4 is 10.1 Å². The maximum atomic E-state index is 12.2. The molecule has 0 aliphatic carbocycles. The second kappa shape index (κ2) is 9.12. The summed E-state index contributed by atoms with van der Waals surface area (Å²) in [6.45, 7) is 4.93. The molecule has 0 bridgehead atoms. The first kappa shape index (κ1) is 18.8. The first-order valence-corrected chi connectivity index (χ1v) is 9.24. The number of piperazine rings is 1. The number of hydrogen-bond donors (Lipinski definition) is 1. The van der Waals surface area contributed by atoms with E-state index in [9.17, 15) is 9.59 Å². The molecule has 1 N–H and O–H groups in total. The lowest BCUT2D eigenvalue weighted by molar-refractivity contribution is 0.0634. The molecule has 7 nitrogen and oxygen atoms in total. The van der Waals surface area contributed by atoms with E-state index in [1.54, 1.807) is 21.9 Å². The lowest BCUT2D eigenvalue weighted by Crippen LogP contribution is -2.53. The molecule has 0 spiro atoms. The van der Waals surface area contributed by atoms with Gasteiger partial charge in [0.2, 0.25) is 0 Å². The van der Waals surface area contributed by atoms with E-state index >= 15 is 0 Å². The van der Waals surface area contributed by atoms with Gasteiger partial charge in [-0.2, -0.15) is 0 Å². The summed E-state index contributed by atoms with van der Waals surface area (Å²) in [5, 5.41) is 2.86. The lowest BCUT2D eigenvalue weighted by atomic mass is 10.2. The summed E-state index contributed by atoms with van der Waals surface area (Å²) in [6.07, 6.45) is 2.48. The minimum Gasteiger partial charge on any atom is -0.492 e. The van der Waals surface area contributed by atoms with Gasteiger partial charge in [-0.1, -0.05) is 19.1 Å². The number of carbonyl (C=O) groups excluding carboxylic acids is 2. The standard InChI is InChI=1S/C20H25N3O4/c1-2-16-5-7-17(8-6-16)26-15-9-21-20(25)23-12-10-22(11-13-23)19(24)18-4-3-14-27-18/h3-8,14H,2,9-13,15H2,1H3,(H,21,25). The summed E-state index contributed by atoms with van der Waals surface area (Å²) >= 11 is 0. The number of hydrogen-bond acceptors (Lipinski definition) is 4. The Balaban J connectivity index is 1.35. The molecule has 0 saturated carbocycles. The Bertz CT molecular complexity index is 735. The average Bonchev–Trinajstić information content (AvgIpc) is 3.26. The number of aryl methyl sites for hydroxylation is 1. The van der Waals surface area contributed by atoms with Crippen molar-refractivity contribution in [2.24, 2.45) is 0 Å². The molecule has 1 aromatic carbocycles. The van der Waals surface area contributed by atoms with Gasteiger partial charge in [0, 0.05) is 26.2 Å². The molecule has 3 rings (SSSR count). The molecule has 1 aliphatic rings. The largest absolute Gasteiger partial charge is 0.492 e. The molecule has 1 saturated heterocycles. The van der Waals surface area contributed by atoms with Crippen LogP contribution in [0.15, 0.2) is 47.1 Å². The number of nitrogens with zero attached hydrogens (tertiary/aromatic N) is 2. The second-order valence-corrected chi connectivity index (χ2v) is 6.33. The highest BCUT2D eigenvalue weighted by Gasteiger charge is 2.25. The Hall–Kier alpha value is -2.96. The van der Waals surface area contributed by atoms with Crippen molar-refractivity contribution >= 4 is 11.9 Å². The van der Waals surface area contributed by atoms with Gasteiger partial charge in [-0.3, -0.25) is 4.79 Å². The van der Waals surface area contributed by atoms with Crippen molar-refractivity contribution in [2.75, 3.05) is 39.3 Å². The van der Waals surface area contributed by atoms with Crippen LogP contribution in [0.5, 0.6) is 5.75 Å². The van der Waals surface area contributed by atoms with E-state index in [1.165, 1.54) is 11.8 Å². The second-order valence-electron chi connectivity index (χ2n) is 6.33. The molecule has 0 unspecified atom stereocenters. The van der Waals surface area contributed by atoms with Crippen LogP contribution in [0.25, 0.3) is 0 Å². The number of carbonyl (C=O) groups is 2. The van der Waals surface area contributed by atoms with Crippen molar-refractivity contribution in [3.05, 3.63) is 54.0 Å². The molecule has 1 aromatic heterocycles. The monoisotopic (exact) mass is 371 g/mol. The molecule has 27 heavy (non-hydrogen) atoms. The summed E-state index contributed by atoms with van der Waals surface area (Å²) in [5.41, 5.74) is 1.26. The number of nitrogens with one attached hydrogen (secondary N) is 1. The quantitative estimate of drug-likeness (QED) is 0.791. The molecule has 7 heteroatoms. The zero-order chi connectivity index (χ0) is 19.1. The first-order chi connectivity index (χ1) is 13.2. The van der Waals surface area contributed by atoms with Crippen LogP contribution in [0.2, 0.25) is 0 Å². The summed E-state index contributed by atoms with van der Waals surface area (Å²) in [4.78, 5) is 27.9. The Kier molecular flexibility index (Phi) is 6.35. The van der Waals surface area contributed by atoms with Crippen molar-refractivity contribution in [3.8, 4) is 5.75 Å². The summed E-state index contributed by atoms with van der Waals surface area (Å²) < 4.78 is 10.8. The van der Waals surface area contributed by atoms with Crippen molar-refractivity contribution in [2.45, 2.75) is 13.3 Å². The number of amides is 3. The van der Waals surface area contributed by atoms with Crippen molar-refractivity contribution in [1.82, 2.24) is 15.1 Å². The molecular formula is C20H25N3O4. The van der Waals surface area contributed by atoms with E-state index < -0.39 is 0 Å². The van der Waals surface area contributed by atoms with Gasteiger partial charge >= 0.3 is 6.03 Å². The molecule has 3 amide bonds. The first-order valence-electron chi connectivity index (χ1n) is 9.24. The smallest absolute Gasteiger partial charge is 0.317 e. The predicted octanol–water partition coefficient (Wildman–Crippen LogP) is 2.39. The fourth-order valence-electron chi connectivity index (χ4n) is 2.93. The summed E-state index contributed by atoms with van der Waals surface area (Å²) in [6, 6.07) is 11.2. The Morgan fingerprint density at radius 2 is 1.78 bits per heavy atom. The van der Waals surface area contributed by atoms with E-state index in [0.717, 1.165) is 12.2 Å². The Labute approximate surface area is 158 Å². The van der Waals surface area contributed by atoms with E-state index in [4.69, 9.17) is 9.15 Å². The SMILES string of the molecule is CCc1ccc(OCCNC(=O)N2CCN(C(=O)c3ccco3)CC2)cc1. The molecule has 0 atom stereocenters. The van der Waals surface area contributed by atoms with E-state index in [1.807, 2.05) is 24.3 Å². The Morgan fingerprint density at radius 3 is 2.41 bits per heavy atom. The maximum Gasteiger partial charge on any atom is 0.317 e. The van der Waals surface area contributed by atoms with Crippen LogP contribution in [0, 0.1) is 0 Å². The highest BCUT2D eigenvalue weighted by Crippen LogP contribution is 2.12. The highest BCUT2D eigenvalue weighted by molar-refractivity contribution is 5.91. The summed E-state index contributed by atoms with van der Waals surface area (Å²) in [5.74, 6) is 0.992. The number of benzene rings is 1. The molecular weight excluding hydrogens is 346 g/mol. The lowest BCUT2D eigenvalue weighted by Gasteiger charge is -2.34. The van der Waals surface area contributed by atoms with Gasteiger partial charge in [-0.25, -0.2) is 4.79 Å². The van der Waals surface area contributed by atoms with Crippen molar-refractivity contribution in [3.63, 3.8) is 0 Å². The maximum absolute atomic E-state index is 12.2. The number of rotatable bonds is 6. The normalized spacial score (nSPS) is 14.1. The van der Waals surface area contributed by atoms with E-state index in [-0.39, 0.29) is 11.9 Å². The molecule has 1 aliphatic heterocycles. The van der Waals surface area contributed by atoms with Gasteiger partial charge in [0.1, 0.15) is 12.4 Å². The third-order valence-corrected chi connectivity index (χ3v) is 4.56. The fourth-order valence-corrected chi connectivity index (χ4v) is 2.93. The van der Waals surface area contributed by atoms with Gasteiger partial charge in [-0.15, -0.1) is 0 Å². The number of furan rings is 1. The van der Waals surface area contributed by atoms with E-state index in [0.29, 0.717) is 45.1 Å². The Morgan fingerprint density at radius 1 is 1.07 bits per heavy atom. The topological polar surface area (TPSA) is 75.0 Å². The van der Waals surface area contributed by atoms with Crippen LogP contribution in [0.3, 0.4) is 0 Å². The fraction of sp³-hybridized carbons (Fsp3) is 0.400. The van der Waals surface area contributed by atoms with Crippen molar-refractivity contribution < 1.29 is 18.7 Å². The number of urea groups is 1. The van der Waals surface area contributed by atoms with Gasteiger partial charge in [-0.05, 0) is 36.2 Å². The summed E-state index contributed by atoms with van der Waals surface area (Å²) in [7, 11) is 0. The molecule has 2 aromatic rings. The van der Waals surface area contributed by atoms with Gasteiger partial charge < -0.3 is 24.3 Å². The average molecular weight is 371 g/mol. The zero-order valence-electron chi connectivity index (χ0n) is 15.5. The molecule has 0 radical (unpaired) electrons. The van der Waals surface area contributed by atoms with Crippen LogP contribution in [0.4, 0.5) is 4.79 Å². The third kappa shape index (κ3) is 5.03. The number of ether oxygens (including phenoxy) is 1. The molecule has 144 valence electrons. The zero-order valence-corrected chi connectivity index (χ0v) is 15.5. The van der Waals surface area contributed by atoms with Crippen LogP contribution in [-0.4, -0.2) is 61.1 Å². The molecule has 2 heterocycles. The van der Waals surface area contributed by atoms with Crippen molar-refractivity contribution in [1.29, 1.82) is 0 Å². The predicted molar refractivity (Wildman–Crippen MR) is 101 cm³/mol. The molecule has 1 fully saturated rings. The minimum atomic E-state index is -0.137. The van der Waals surface area contributed by atoms with E-state index in [2.05, 4.69) is 12.2 Å².